The van der Waals surface area contributed by atoms with Crippen molar-refractivity contribution in [1.29, 1.82) is 0 Å². The van der Waals surface area contributed by atoms with Gasteiger partial charge in [0, 0.05) is 0 Å². The number of hydrogen-bond donors (Lipinski definition) is 0. The van der Waals surface area contributed by atoms with Gasteiger partial charge in [0.05, 0.1) is 0 Å². The van der Waals surface area contributed by atoms with E-state index in [0.717, 1.165) is 12.3 Å². The molecule has 0 bridgehead atoms. The molecule has 0 saturated heterocycles. The van der Waals surface area contributed by atoms with Gasteiger partial charge in [0.1, 0.15) is 12.0 Å². The van der Waals surface area contributed by atoms with Crippen molar-refractivity contribution in [3.8, 4) is 0 Å². The van der Waals surface area contributed by atoms with Gasteiger partial charge in [-0.2, -0.15) is 0 Å². The lowest BCUT2D eigenvalue weighted by Gasteiger charge is -2.38. The van der Waals surface area contributed by atoms with Crippen molar-refractivity contribution in [3.63, 3.8) is 0 Å². The van der Waals surface area contributed by atoms with Crippen LogP contribution in [0, 0.1) is 11.8 Å². The number of halogens is 1. The number of carbonyl (C=O) groups is 1. The highest BCUT2D eigenvalue weighted by Gasteiger charge is 2.34. The zero-order valence-electron chi connectivity index (χ0n) is 10.5. The molecular formula is C14H23ClO2. The molecule has 2 nitrogen and oxygen atoms in total. The average Bonchev–Trinajstić information content (AvgIpc) is 2.40. The molecule has 0 heterocycles. The second-order valence-electron chi connectivity index (χ2n) is 5.51. The molecule has 0 unspecified atom stereocenters. The van der Waals surface area contributed by atoms with Crippen LogP contribution in [0.4, 0.5) is 0 Å². The molecule has 0 N–H and O–H groups in total. The van der Waals surface area contributed by atoms with Crippen LogP contribution in [0.1, 0.15) is 57.8 Å². The van der Waals surface area contributed by atoms with Crippen molar-refractivity contribution in [2.45, 2.75) is 63.9 Å². The second-order valence-corrected chi connectivity index (χ2v) is 5.78. The maximum Gasteiger partial charge on any atom is 0.321 e. The molecule has 0 spiro atoms. The molecule has 2 aliphatic rings. The molecule has 3 heteroatoms. The Morgan fingerprint density at radius 1 is 1.00 bits per heavy atom. The van der Waals surface area contributed by atoms with Gasteiger partial charge in [0.15, 0.2) is 0 Å². The molecule has 0 aliphatic heterocycles. The number of ether oxygens (including phenoxy) is 1. The Labute approximate surface area is 109 Å². The van der Waals surface area contributed by atoms with Crippen LogP contribution in [0.5, 0.6) is 0 Å². The van der Waals surface area contributed by atoms with E-state index in [2.05, 4.69) is 0 Å². The fraction of sp³-hybridized carbons (Fsp3) is 0.929. The summed E-state index contributed by atoms with van der Waals surface area (Å²) in [4.78, 5) is 11.4. The minimum atomic E-state index is -0.237. The maximum absolute atomic E-state index is 11.4. The summed E-state index contributed by atoms with van der Waals surface area (Å²) in [7, 11) is 0. The molecule has 0 radical (unpaired) electrons. The van der Waals surface area contributed by atoms with E-state index in [1.807, 2.05) is 0 Å². The molecule has 0 aromatic carbocycles. The van der Waals surface area contributed by atoms with Gasteiger partial charge in [-0.15, -0.1) is 11.6 Å². The summed E-state index contributed by atoms with van der Waals surface area (Å²) in [5.74, 6) is 1.15. The summed E-state index contributed by atoms with van der Waals surface area (Å²) in [6.07, 6.45) is 11.7. The molecule has 0 amide bonds. The molecule has 98 valence electrons. The van der Waals surface area contributed by atoms with Gasteiger partial charge in [0.25, 0.3) is 0 Å². The van der Waals surface area contributed by atoms with E-state index in [9.17, 15) is 4.79 Å². The lowest BCUT2D eigenvalue weighted by molar-refractivity contribution is -0.152. The van der Waals surface area contributed by atoms with E-state index >= 15 is 0 Å². The lowest BCUT2D eigenvalue weighted by Crippen LogP contribution is -2.36. The highest BCUT2D eigenvalue weighted by Crippen LogP contribution is 2.39. The van der Waals surface area contributed by atoms with Crippen LogP contribution in [0.15, 0.2) is 0 Å². The Balaban J connectivity index is 1.93. The molecule has 2 saturated carbocycles. The molecule has 0 aromatic rings. The highest BCUT2D eigenvalue weighted by molar-refractivity contribution is 6.26. The Hall–Kier alpha value is -0.240. The summed E-state index contributed by atoms with van der Waals surface area (Å²) >= 11 is 5.53. The van der Waals surface area contributed by atoms with Gasteiger partial charge in [-0.1, -0.05) is 38.5 Å². The first-order chi connectivity index (χ1) is 8.31. The van der Waals surface area contributed by atoms with Gasteiger partial charge in [0.2, 0.25) is 0 Å². The van der Waals surface area contributed by atoms with Gasteiger partial charge in [-0.05, 0) is 31.1 Å². The fourth-order valence-corrected chi connectivity index (χ4v) is 3.64. The van der Waals surface area contributed by atoms with Gasteiger partial charge >= 0.3 is 5.97 Å². The Kier molecular flexibility index (Phi) is 5.15. The van der Waals surface area contributed by atoms with E-state index in [-0.39, 0.29) is 18.0 Å². The molecule has 17 heavy (non-hydrogen) atoms. The van der Waals surface area contributed by atoms with E-state index < -0.39 is 0 Å². The molecular weight excluding hydrogens is 236 g/mol. The predicted octanol–water partition coefficient (Wildman–Crippen LogP) is 3.91. The topological polar surface area (TPSA) is 26.3 Å². The number of carbonyl (C=O) groups excluding carboxylic acids is 1. The third-order valence-corrected chi connectivity index (χ3v) is 4.62. The van der Waals surface area contributed by atoms with E-state index in [0.29, 0.717) is 5.92 Å². The molecule has 0 aromatic heterocycles. The molecule has 2 rings (SSSR count). The number of rotatable bonds is 3. The van der Waals surface area contributed by atoms with E-state index in [1.54, 1.807) is 0 Å². The minimum absolute atomic E-state index is 0.00606. The third-order valence-electron chi connectivity index (χ3n) is 4.40. The number of esters is 1. The number of alkyl halides is 1. The first kappa shape index (κ1) is 13.2. The monoisotopic (exact) mass is 258 g/mol. The lowest BCUT2D eigenvalue weighted by atomic mass is 9.72. The van der Waals surface area contributed by atoms with Crippen LogP contribution in [0.3, 0.4) is 0 Å². The van der Waals surface area contributed by atoms with Crippen LogP contribution in [-0.4, -0.2) is 18.0 Å². The summed E-state index contributed by atoms with van der Waals surface area (Å²) < 4.78 is 5.54. The standard InChI is InChI=1S/C14H23ClO2/c15-10-14(16)17-13-9-5-4-8-12(13)11-6-2-1-3-7-11/h11-13H,1-10H2/t12-,13-/m1/s1. The van der Waals surface area contributed by atoms with Crippen molar-refractivity contribution < 1.29 is 9.53 Å². The smallest absolute Gasteiger partial charge is 0.321 e. The van der Waals surface area contributed by atoms with Crippen LogP contribution >= 0.6 is 11.6 Å². The van der Waals surface area contributed by atoms with Crippen LogP contribution in [-0.2, 0) is 9.53 Å². The zero-order chi connectivity index (χ0) is 12.1. The highest BCUT2D eigenvalue weighted by atomic mass is 35.5. The Morgan fingerprint density at radius 2 is 1.65 bits per heavy atom. The molecule has 2 atom stereocenters. The van der Waals surface area contributed by atoms with Crippen molar-refractivity contribution in [2.24, 2.45) is 11.8 Å². The first-order valence-electron chi connectivity index (χ1n) is 7.06. The zero-order valence-corrected chi connectivity index (χ0v) is 11.3. The fourth-order valence-electron chi connectivity index (χ4n) is 3.57. The van der Waals surface area contributed by atoms with Gasteiger partial charge in [-0.25, -0.2) is 0 Å². The largest absolute Gasteiger partial charge is 0.461 e. The van der Waals surface area contributed by atoms with Gasteiger partial charge in [-0.3, -0.25) is 4.79 Å². The van der Waals surface area contributed by atoms with Crippen LogP contribution in [0.2, 0.25) is 0 Å². The molecule has 2 aliphatic carbocycles. The average molecular weight is 259 g/mol. The SMILES string of the molecule is O=C(CCl)O[C@@H]1CCCC[C@@H]1C1CCCCC1. The summed E-state index contributed by atoms with van der Waals surface area (Å²) in [6.45, 7) is 0. The Bertz CT molecular complexity index is 249. The van der Waals surface area contributed by atoms with Crippen molar-refractivity contribution in [2.75, 3.05) is 5.88 Å². The van der Waals surface area contributed by atoms with E-state index in [4.69, 9.17) is 16.3 Å². The second kappa shape index (κ2) is 6.63. The summed E-state index contributed by atoms with van der Waals surface area (Å²) in [5, 5.41) is 0. The van der Waals surface area contributed by atoms with Gasteiger partial charge < -0.3 is 4.74 Å². The van der Waals surface area contributed by atoms with Crippen LogP contribution < -0.4 is 0 Å². The van der Waals surface area contributed by atoms with Crippen molar-refractivity contribution >= 4 is 17.6 Å². The third kappa shape index (κ3) is 3.61. The first-order valence-corrected chi connectivity index (χ1v) is 7.60. The summed E-state index contributed by atoms with van der Waals surface area (Å²) in [5.41, 5.74) is 0. The minimum Gasteiger partial charge on any atom is -0.461 e. The van der Waals surface area contributed by atoms with Crippen LogP contribution in [0.25, 0.3) is 0 Å². The molecule has 2 fully saturated rings. The number of hydrogen-bond acceptors (Lipinski definition) is 2. The summed E-state index contributed by atoms with van der Waals surface area (Å²) in [6, 6.07) is 0. The maximum atomic E-state index is 11.4. The van der Waals surface area contributed by atoms with E-state index in [1.165, 1.54) is 51.4 Å². The predicted molar refractivity (Wildman–Crippen MR) is 69.1 cm³/mol. The normalized spacial score (nSPS) is 31.1. The van der Waals surface area contributed by atoms with Crippen molar-refractivity contribution in [3.05, 3.63) is 0 Å². The quantitative estimate of drug-likeness (QED) is 0.567. The van der Waals surface area contributed by atoms with Crippen molar-refractivity contribution in [1.82, 2.24) is 0 Å². The Morgan fingerprint density at radius 3 is 2.35 bits per heavy atom.